The zero-order valence-electron chi connectivity index (χ0n) is 12.6. The third kappa shape index (κ3) is 5.55. The molecule has 1 aliphatic heterocycles. The van der Waals surface area contributed by atoms with E-state index in [0.29, 0.717) is 39.1 Å². The van der Waals surface area contributed by atoms with Gasteiger partial charge in [-0.25, -0.2) is 12.8 Å². The third-order valence-electron chi connectivity index (χ3n) is 3.58. The van der Waals surface area contributed by atoms with Gasteiger partial charge in [-0.2, -0.15) is 4.31 Å². The predicted molar refractivity (Wildman–Crippen MR) is 90.1 cm³/mol. The Balaban J connectivity index is 0.00000264. The Morgan fingerprint density at radius 2 is 1.96 bits per heavy atom. The smallest absolute Gasteiger partial charge is 0.243 e. The Hall–Kier alpha value is -0.440. The van der Waals surface area contributed by atoms with Crippen molar-refractivity contribution in [1.29, 1.82) is 0 Å². The fourth-order valence-corrected chi connectivity index (χ4v) is 4.21. The minimum absolute atomic E-state index is 0. The zero-order valence-corrected chi connectivity index (χ0v) is 15.0. The average molecular weight is 387 g/mol. The van der Waals surface area contributed by atoms with Crippen LogP contribution in [0.2, 0.25) is 5.02 Å². The van der Waals surface area contributed by atoms with Gasteiger partial charge in [0.05, 0.1) is 11.0 Å². The second-order valence-corrected chi connectivity index (χ2v) is 7.60. The molecule has 2 N–H and O–H groups in total. The summed E-state index contributed by atoms with van der Waals surface area (Å²) in [7, 11) is -3.72. The highest BCUT2D eigenvalue weighted by Crippen LogP contribution is 2.25. The standard InChI is InChI=1S/C14H20ClFN2O3S.ClH/c15-11-8-12(16)10-14(9-11)22(19,20)18-5-2-13(3-6-18)21-7-1-4-17;/h8-10,13H,1-7,17H2;1H. The molecule has 0 radical (unpaired) electrons. The molecular formula is C14H21Cl2FN2O3S. The summed E-state index contributed by atoms with van der Waals surface area (Å²) in [5, 5.41) is 0.0681. The SMILES string of the molecule is Cl.NCCCOC1CCN(S(=O)(=O)c2cc(F)cc(Cl)c2)CC1. The van der Waals surface area contributed by atoms with Gasteiger partial charge in [0.25, 0.3) is 0 Å². The van der Waals surface area contributed by atoms with Crippen LogP contribution in [0.5, 0.6) is 0 Å². The molecule has 132 valence electrons. The molecule has 23 heavy (non-hydrogen) atoms. The third-order valence-corrected chi connectivity index (χ3v) is 5.67. The van der Waals surface area contributed by atoms with Gasteiger partial charge in [0, 0.05) is 24.7 Å². The first kappa shape index (κ1) is 20.6. The van der Waals surface area contributed by atoms with Crippen LogP contribution in [0.25, 0.3) is 0 Å². The average Bonchev–Trinajstić information content (AvgIpc) is 2.47. The van der Waals surface area contributed by atoms with Crippen molar-refractivity contribution in [2.24, 2.45) is 5.73 Å². The summed E-state index contributed by atoms with van der Waals surface area (Å²) < 4.78 is 45.4. The normalized spacial score (nSPS) is 17.0. The Bertz CT molecular complexity index is 588. The van der Waals surface area contributed by atoms with Crippen molar-refractivity contribution < 1.29 is 17.5 Å². The number of benzene rings is 1. The monoisotopic (exact) mass is 386 g/mol. The van der Waals surface area contributed by atoms with E-state index in [-0.39, 0.29) is 28.4 Å². The molecule has 1 heterocycles. The lowest BCUT2D eigenvalue weighted by atomic mass is 10.1. The lowest BCUT2D eigenvalue weighted by molar-refractivity contribution is 0.0209. The number of piperidine rings is 1. The molecule has 1 fully saturated rings. The molecule has 0 bridgehead atoms. The van der Waals surface area contributed by atoms with E-state index in [1.54, 1.807) is 0 Å². The minimum atomic E-state index is -3.72. The van der Waals surface area contributed by atoms with Crippen molar-refractivity contribution in [3.8, 4) is 0 Å². The Morgan fingerprint density at radius 3 is 2.52 bits per heavy atom. The van der Waals surface area contributed by atoms with Gasteiger partial charge in [-0.1, -0.05) is 11.6 Å². The Kier molecular flexibility index (Phi) is 8.20. The van der Waals surface area contributed by atoms with E-state index in [1.165, 1.54) is 10.4 Å². The second kappa shape index (κ2) is 9.15. The van der Waals surface area contributed by atoms with E-state index < -0.39 is 15.8 Å². The van der Waals surface area contributed by atoms with E-state index in [1.807, 2.05) is 0 Å². The van der Waals surface area contributed by atoms with Crippen LogP contribution >= 0.6 is 24.0 Å². The van der Waals surface area contributed by atoms with Gasteiger partial charge in [-0.05, 0) is 44.0 Å². The molecule has 1 aromatic rings. The number of nitrogens with zero attached hydrogens (tertiary/aromatic N) is 1. The van der Waals surface area contributed by atoms with E-state index in [4.69, 9.17) is 22.1 Å². The lowest BCUT2D eigenvalue weighted by Gasteiger charge is -2.31. The highest BCUT2D eigenvalue weighted by Gasteiger charge is 2.30. The number of sulfonamides is 1. The molecule has 2 rings (SSSR count). The topological polar surface area (TPSA) is 72.6 Å². The highest BCUT2D eigenvalue weighted by molar-refractivity contribution is 7.89. The number of hydrogen-bond donors (Lipinski definition) is 1. The van der Waals surface area contributed by atoms with Crippen molar-refractivity contribution in [3.05, 3.63) is 29.0 Å². The zero-order chi connectivity index (χ0) is 16.2. The molecule has 0 aliphatic carbocycles. The van der Waals surface area contributed by atoms with Crippen molar-refractivity contribution >= 4 is 34.0 Å². The quantitative estimate of drug-likeness (QED) is 0.761. The summed E-state index contributed by atoms with van der Waals surface area (Å²) in [6.45, 7) is 1.87. The van der Waals surface area contributed by atoms with Gasteiger partial charge in [0.1, 0.15) is 5.82 Å². The summed E-state index contributed by atoms with van der Waals surface area (Å²) in [4.78, 5) is -0.111. The molecule has 0 saturated carbocycles. The van der Waals surface area contributed by atoms with Crippen molar-refractivity contribution in [3.63, 3.8) is 0 Å². The second-order valence-electron chi connectivity index (χ2n) is 5.22. The van der Waals surface area contributed by atoms with Gasteiger partial charge in [-0.3, -0.25) is 0 Å². The molecule has 0 spiro atoms. The van der Waals surface area contributed by atoms with Crippen LogP contribution in [-0.2, 0) is 14.8 Å². The number of hydrogen-bond acceptors (Lipinski definition) is 4. The van der Waals surface area contributed by atoms with Crippen LogP contribution in [0.4, 0.5) is 4.39 Å². The molecule has 1 aromatic carbocycles. The highest BCUT2D eigenvalue weighted by atomic mass is 35.5. The van der Waals surface area contributed by atoms with Crippen molar-refractivity contribution in [1.82, 2.24) is 4.31 Å². The van der Waals surface area contributed by atoms with E-state index in [0.717, 1.165) is 18.6 Å². The van der Waals surface area contributed by atoms with Gasteiger partial charge < -0.3 is 10.5 Å². The lowest BCUT2D eigenvalue weighted by Crippen LogP contribution is -2.41. The van der Waals surface area contributed by atoms with Crippen LogP contribution in [0, 0.1) is 5.82 Å². The maximum Gasteiger partial charge on any atom is 0.243 e. The number of rotatable bonds is 6. The number of halogens is 3. The van der Waals surface area contributed by atoms with Crippen molar-refractivity contribution in [2.75, 3.05) is 26.2 Å². The first-order valence-electron chi connectivity index (χ1n) is 7.21. The summed E-state index contributed by atoms with van der Waals surface area (Å²) in [5.41, 5.74) is 5.40. The first-order valence-corrected chi connectivity index (χ1v) is 9.03. The van der Waals surface area contributed by atoms with Crippen LogP contribution in [0.1, 0.15) is 19.3 Å². The molecule has 9 heteroatoms. The van der Waals surface area contributed by atoms with Crippen LogP contribution < -0.4 is 5.73 Å². The minimum Gasteiger partial charge on any atom is -0.378 e. The van der Waals surface area contributed by atoms with Gasteiger partial charge in [-0.15, -0.1) is 12.4 Å². The summed E-state index contributed by atoms with van der Waals surface area (Å²) >= 11 is 5.74. The summed E-state index contributed by atoms with van der Waals surface area (Å²) in [6, 6.07) is 3.34. The van der Waals surface area contributed by atoms with Crippen LogP contribution in [0.15, 0.2) is 23.1 Å². The molecule has 0 atom stereocenters. The fourth-order valence-electron chi connectivity index (χ4n) is 2.40. The Morgan fingerprint density at radius 1 is 1.30 bits per heavy atom. The molecular weight excluding hydrogens is 366 g/mol. The molecule has 0 aromatic heterocycles. The summed E-state index contributed by atoms with van der Waals surface area (Å²) in [5.74, 6) is -0.661. The number of nitrogens with two attached hydrogens (primary N) is 1. The molecule has 1 aliphatic rings. The maximum atomic E-state index is 13.4. The predicted octanol–water partition coefficient (Wildman–Crippen LogP) is 2.42. The largest absolute Gasteiger partial charge is 0.378 e. The fraction of sp³-hybridized carbons (Fsp3) is 0.571. The molecule has 1 saturated heterocycles. The van der Waals surface area contributed by atoms with Gasteiger partial charge >= 0.3 is 0 Å². The van der Waals surface area contributed by atoms with E-state index in [2.05, 4.69) is 0 Å². The molecule has 5 nitrogen and oxygen atoms in total. The summed E-state index contributed by atoms with van der Waals surface area (Å²) in [6.07, 6.45) is 2.08. The van der Waals surface area contributed by atoms with Crippen LogP contribution in [0.3, 0.4) is 0 Å². The van der Waals surface area contributed by atoms with Crippen molar-refractivity contribution in [2.45, 2.75) is 30.3 Å². The van der Waals surface area contributed by atoms with E-state index >= 15 is 0 Å². The van der Waals surface area contributed by atoms with Gasteiger partial charge in [0.15, 0.2) is 0 Å². The number of ether oxygens (including phenoxy) is 1. The first-order chi connectivity index (χ1) is 10.4. The van der Waals surface area contributed by atoms with Gasteiger partial charge in [0.2, 0.25) is 10.0 Å². The van der Waals surface area contributed by atoms with E-state index in [9.17, 15) is 12.8 Å². The maximum absolute atomic E-state index is 13.4. The molecule has 0 amide bonds. The Labute approximate surface area is 147 Å². The van der Waals surface area contributed by atoms with Crippen LogP contribution in [-0.4, -0.2) is 45.1 Å². The molecule has 0 unspecified atom stereocenters.